The van der Waals surface area contributed by atoms with Crippen molar-refractivity contribution in [3.8, 4) is 11.3 Å². The molecular formula is C9H12N4O. The Morgan fingerprint density at radius 3 is 2.86 bits per heavy atom. The Bertz CT molecular complexity index is 443. The Balaban J connectivity index is 2.43. The second-order valence-corrected chi connectivity index (χ2v) is 3.20. The lowest BCUT2D eigenvalue weighted by Crippen LogP contribution is -1.86. The minimum atomic E-state index is -0.0701. The van der Waals surface area contributed by atoms with Crippen LogP contribution in [0.2, 0.25) is 0 Å². The first kappa shape index (κ1) is 8.96. The largest absolute Gasteiger partial charge is 0.388 e. The first-order valence-corrected chi connectivity index (χ1v) is 4.36. The Hall–Kier alpha value is -1.62. The second-order valence-electron chi connectivity index (χ2n) is 3.20. The number of H-pyrrole nitrogens is 1. The number of hydrogen-bond donors (Lipinski definition) is 2. The highest BCUT2D eigenvalue weighted by atomic mass is 16.3. The first-order valence-electron chi connectivity index (χ1n) is 4.36. The van der Waals surface area contributed by atoms with Gasteiger partial charge in [0.15, 0.2) is 0 Å². The summed E-state index contributed by atoms with van der Waals surface area (Å²) >= 11 is 0. The lowest BCUT2D eigenvalue weighted by Gasteiger charge is -1.91. The Morgan fingerprint density at radius 2 is 2.36 bits per heavy atom. The molecule has 0 spiro atoms. The van der Waals surface area contributed by atoms with E-state index >= 15 is 0 Å². The highest BCUT2D eigenvalue weighted by molar-refractivity contribution is 5.60. The van der Waals surface area contributed by atoms with E-state index in [2.05, 4.69) is 15.1 Å². The summed E-state index contributed by atoms with van der Waals surface area (Å²) < 4.78 is 1.75. The minimum absolute atomic E-state index is 0.0701. The van der Waals surface area contributed by atoms with Gasteiger partial charge in [0, 0.05) is 18.8 Å². The average molecular weight is 192 g/mol. The van der Waals surface area contributed by atoms with Crippen LogP contribution in [-0.4, -0.2) is 24.9 Å². The summed E-state index contributed by atoms with van der Waals surface area (Å²) in [5, 5.41) is 13.1. The van der Waals surface area contributed by atoms with Crippen LogP contribution in [0.15, 0.2) is 12.4 Å². The lowest BCUT2D eigenvalue weighted by atomic mass is 10.2. The minimum Gasteiger partial charge on any atom is -0.388 e. The van der Waals surface area contributed by atoms with Gasteiger partial charge in [-0.05, 0) is 6.92 Å². The first-order chi connectivity index (χ1) is 6.70. The van der Waals surface area contributed by atoms with Crippen LogP contribution in [0.4, 0.5) is 0 Å². The molecular weight excluding hydrogens is 180 g/mol. The van der Waals surface area contributed by atoms with Crippen LogP contribution in [-0.2, 0) is 13.7 Å². The van der Waals surface area contributed by atoms with E-state index in [0.29, 0.717) is 5.82 Å². The van der Waals surface area contributed by atoms with Crippen molar-refractivity contribution in [2.75, 3.05) is 0 Å². The summed E-state index contributed by atoms with van der Waals surface area (Å²) in [6, 6.07) is 0. The predicted molar refractivity (Wildman–Crippen MR) is 51.4 cm³/mol. The van der Waals surface area contributed by atoms with Crippen LogP contribution >= 0.6 is 0 Å². The van der Waals surface area contributed by atoms with Gasteiger partial charge < -0.3 is 10.1 Å². The molecule has 0 atom stereocenters. The van der Waals surface area contributed by atoms with Crippen molar-refractivity contribution < 1.29 is 5.11 Å². The Morgan fingerprint density at radius 1 is 1.57 bits per heavy atom. The summed E-state index contributed by atoms with van der Waals surface area (Å²) in [6.07, 6.45) is 3.62. The summed E-state index contributed by atoms with van der Waals surface area (Å²) in [6.45, 7) is 1.87. The molecule has 0 radical (unpaired) electrons. The van der Waals surface area contributed by atoms with E-state index < -0.39 is 0 Å². The molecule has 0 aliphatic carbocycles. The molecule has 5 nitrogen and oxygen atoms in total. The number of aryl methyl sites for hydroxylation is 2. The number of imidazole rings is 1. The molecule has 0 saturated carbocycles. The van der Waals surface area contributed by atoms with Crippen LogP contribution < -0.4 is 0 Å². The fourth-order valence-electron chi connectivity index (χ4n) is 1.44. The van der Waals surface area contributed by atoms with Crippen molar-refractivity contribution in [1.82, 2.24) is 19.7 Å². The maximum atomic E-state index is 8.86. The van der Waals surface area contributed by atoms with Crippen molar-refractivity contribution in [2.45, 2.75) is 13.5 Å². The van der Waals surface area contributed by atoms with Gasteiger partial charge >= 0.3 is 0 Å². The molecule has 2 aromatic rings. The lowest BCUT2D eigenvalue weighted by molar-refractivity contribution is 0.272. The molecule has 2 rings (SSSR count). The van der Waals surface area contributed by atoms with Gasteiger partial charge in [0.2, 0.25) is 0 Å². The third-order valence-corrected chi connectivity index (χ3v) is 2.08. The zero-order valence-electron chi connectivity index (χ0n) is 8.15. The smallest absolute Gasteiger partial charge is 0.132 e. The van der Waals surface area contributed by atoms with Crippen molar-refractivity contribution in [1.29, 1.82) is 0 Å². The zero-order valence-corrected chi connectivity index (χ0v) is 8.15. The Labute approximate surface area is 81.4 Å². The van der Waals surface area contributed by atoms with E-state index in [9.17, 15) is 0 Å². The maximum absolute atomic E-state index is 8.86. The molecule has 0 amide bonds. The summed E-state index contributed by atoms with van der Waals surface area (Å²) in [7, 11) is 1.87. The highest BCUT2D eigenvalue weighted by Crippen LogP contribution is 2.19. The van der Waals surface area contributed by atoms with Crippen LogP contribution in [0, 0.1) is 6.92 Å². The highest BCUT2D eigenvalue weighted by Gasteiger charge is 2.08. The molecule has 2 N–H and O–H groups in total. The molecule has 5 heteroatoms. The molecule has 2 heterocycles. The van der Waals surface area contributed by atoms with E-state index in [1.54, 1.807) is 10.9 Å². The van der Waals surface area contributed by atoms with E-state index in [4.69, 9.17) is 5.11 Å². The summed E-state index contributed by atoms with van der Waals surface area (Å²) in [5.41, 5.74) is 2.85. The number of aromatic nitrogens is 4. The molecule has 0 aliphatic heterocycles. The maximum Gasteiger partial charge on any atom is 0.132 e. The van der Waals surface area contributed by atoms with E-state index in [-0.39, 0.29) is 6.61 Å². The van der Waals surface area contributed by atoms with Crippen molar-refractivity contribution in [3.63, 3.8) is 0 Å². The van der Waals surface area contributed by atoms with Gasteiger partial charge in [-0.1, -0.05) is 0 Å². The molecule has 0 bridgehead atoms. The summed E-state index contributed by atoms with van der Waals surface area (Å²) in [4.78, 5) is 7.04. The van der Waals surface area contributed by atoms with Gasteiger partial charge in [0.1, 0.15) is 12.4 Å². The molecule has 14 heavy (non-hydrogen) atoms. The van der Waals surface area contributed by atoms with E-state index in [1.807, 2.05) is 20.2 Å². The number of rotatable bonds is 2. The molecule has 0 fully saturated rings. The van der Waals surface area contributed by atoms with E-state index in [0.717, 1.165) is 17.0 Å². The number of aromatic amines is 1. The predicted octanol–water partition coefficient (Wildman–Crippen LogP) is 0.611. The molecule has 0 saturated heterocycles. The normalized spacial score (nSPS) is 10.8. The standard InChI is InChI=1S/C9H12N4O/c1-6-7(4-13(2)12-6)8-3-10-9(5-14)11-8/h3-4,14H,5H2,1-2H3,(H,10,11). The second kappa shape index (κ2) is 3.26. The monoisotopic (exact) mass is 192 g/mol. The number of aliphatic hydroxyl groups excluding tert-OH is 1. The summed E-state index contributed by atoms with van der Waals surface area (Å²) in [5.74, 6) is 0.572. The number of nitrogens with one attached hydrogen (secondary N) is 1. The molecule has 74 valence electrons. The zero-order chi connectivity index (χ0) is 10.1. The van der Waals surface area contributed by atoms with Gasteiger partial charge in [-0.2, -0.15) is 5.10 Å². The fourth-order valence-corrected chi connectivity index (χ4v) is 1.44. The Kier molecular flexibility index (Phi) is 2.09. The molecule has 0 aliphatic rings. The topological polar surface area (TPSA) is 66.7 Å². The van der Waals surface area contributed by atoms with Crippen LogP contribution in [0.1, 0.15) is 11.5 Å². The number of aliphatic hydroxyl groups is 1. The van der Waals surface area contributed by atoms with Gasteiger partial charge in [0.05, 0.1) is 17.6 Å². The van der Waals surface area contributed by atoms with Crippen LogP contribution in [0.5, 0.6) is 0 Å². The van der Waals surface area contributed by atoms with Gasteiger partial charge in [-0.3, -0.25) is 4.68 Å². The van der Waals surface area contributed by atoms with Crippen LogP contribution in [0.25, 0.3) is 11.3 Å². The molecule has 0 unspecified atom stereocenters. The number of hydrogen-bond acceptors (Lipinski definition) is 3. The molecule has 2 aromatic heterocycles. The molecule has 0 aromatic carbocycles. The quantitative estimate of drug-likeness (QED) is 0.732. The van der Waals surface area contributed by atoms with Crippen molar-refractivity contribution >= 4 is 0 Å². The van der Waals surface area contributed by atoms with Crippen molar-refractivity contribution in [2.24, 2.45) is 7.05 Å². The van der Waals surface area contributed by atoms with Gasteiger partial charge in [-0.25, -0.2) is 4.98 Å². The number of nitrogens with zero attached hydrogens (tertiary/aromatic N) is 3. The van der Waals surface area contributed by atoms with Gasteiger partial charge in [-0.15, -0.1) is 0 Å². The SMILES string of the molecule is Cc1nn(C)cc1-c1cnc(CO)[nH]1. The third-order valence-electron chi connectivity index (χ3n) is 2.08. The van der Waals surface area contributed by atoms with Gasteiger partial charge in [0.25, 0.3) is 0 Å². The van der Waals surface area contributed by atoms with Crippen LogP contribution in [0.3, 0.4) is 0 Å². The van der Waals surface area contributed by atoms with E-state index in [1.165, 1.54) is 0 Å². The van der Waals surface area contributed by atoms with Crippen molar-refractivity contribution in [3.05, 3.63) is 23.9 Å². The fraction of sp³-hybridized carbons (Fsp3) is 0.333. The third kappa shape index (κ3) is 1.42. The average Bonchev–Trinajstić information content (AvgIpc) is 2.71.